The maximum Gasteiger partial charge on any atom is 0.419 e. The Balaban J connectivity index is 0.000000175. The molecule has 47 heteroatoms. The second-order valence-corrected chi connectivity index (χ2v) is 36.2. The predicted molar refractivity (Wildman–Crippen MR) is 467 cm³/mol. The Bertz CT molecular complexity index is 5670. The number of aliphatic carboxylic acids is 1. The van der Waals surface area contributed by atoms with Crippen LogP contribution in [-0.2, 0) is 49.9 Å². The number of piperidine rings is 2. The molecule has 9 aromatic heterocycles. The number of rotatable bonds is 25. The second-order valence-electron chi connectivity index (χ2n) is 35.4. The summed E-state index contributed by atoms with van der Waals surface area (Å²) in [6.07, 6.45) is -3.20. The van der Waals surface area contributed by atoms with Gasteiger partial charge in [0.05, 0.1) is 107 Å². The van der Waals surface area contributed by atoms with Crippen LogP contribution < -0.4 is 10.6 Å². The van der Waals surface area contributed by atoms with E-state index in [1.54, 1.807) is 32.6 Å². The minimum absolute atomic E-state index is 0.00234. The molecule has 6 fully saturated rings. The number of hydrogen-bond acceptors (Lipinski definition) is 19. The molecule has 0 unspecified atom stereocenters. The third-order valence-corrected chi connectivity index (χ3v) is 24.4. The van der Waals surface area contributed by atoms with E-state index in [0.29, 0.717) is 51.6 Å². The van der Waals surface area contributed by atoms with E-state index < -0.39 is 143 Å². The van der Waals surface area contributed by atoms with Crippen molar-refractivity contribution in [3.8, 4) is 45.6 Å². The highest BCUT2D eigenvalue weighted by Crippen LogP contribution is 2.46. The van der Waals surface area contributed by atoms with Crippen molar-refractivity contribution in [2.24, 2.45) is 0 Å². The summed E-state index contributed by atoms with van der Waals surface area (Å²) in [4.78, 5) is 96.1. The third-order valence-electron chi connectivity index (χ3n) is 23.7. The number of halogens is 20. The average molecular weight is 2050 g/mol. The van der Waals surface area contributed by atoms with Crippen molar-refractivity contribution >= 4 is 51.6 Å². The highest BCUT2D eigenvalue weighted by atomic mass is 79.9. The summed E-state index contributed by atoms with van der Waals surface area (Å²) in [6, 6.07) is 13.7. The van der Waals surface area contributed by atoms with Crippen LogP contribution in [0.15, 0.2) is 121 Å². The Morgan fingerprint density at radius 1 is 0.432 bits per heavy atom. The number of pyridine rings is 5. The number of esters is 2. The summed E-state index contributed by atoms with van der Waals surface area (Å²) in [7, 11) is 0. The average Bonchev–Trinajstić information content (AvgIpc) is 1.66. The van der Waals surface area contributed by atoms with Gasteiger partial charge < -0.3 is 30.3 Å². The zero-order valence-electron chi connectivity index (χ0n) is 75.8. The van der Waals surface area contributed by atoms with Gasteiger partial charge in [0.25, 0.3) is 23.7 Å². The topological polar surface area (TPSA) is 328 Å². The molecule has 2 atom stereocenters. The first-order valence-corrected chi connectivity index (χ1v) is 46.0. The predicted octanol–water partition coefficient (Wildman–Crippen LogP) is 21.7. The van der Waals surface area contributed by atoms with Crippen LogP contribution in [0.2, 0.25) is 0 Å². The number of nitrogens with one attached hydrogen (secondary N) is 2. The van der Waals surface area contributed by atoms with Gasteiger partial charge in [0, 0.05) is 81.1 Å². The molecule has 27 nitrogen and oxygen atoms in total. The van der Waals surface area contributed by atoms with Crippen LogP contribution in [0.3, 0.4) is 0 Å². The molecule has 15 rings (SSSR count). The summed E-state index contributed by atoms with van der Waals surface area (Å²) in [5.74, 6) is -10.7. The van der Waals surface area contributed by atoms with Crippen LogP contribution in [0, 0.1) is 0 Å². The van der Waals surface area contributed by atoms with Gasteiger partial charge in [0.1, 0.15) is 33.0 Å². The number of aromatic nitrogens is 13. The maximum atomic E-state index is 13.9. The highest BCUT2D eigenvalue weighted by Gasteiger charge is 2.44. The van der Waals surface area contributed by atoms with Crippen LogP contribution in [0.25, 0.3) is 45.6 Å². The second kappa shape index (κ2) is 46.3. The monoisotopic (exact) mass is 2050 g/mol. The fourth-order valence-corrected chi connectivity index (χ4v) is 18.0. The summed E-state index contributed by atoms with van der Waals surface area (Å²) in [5.41, 5.74) is -6.42. The van der Waals surface area contributed by atoms with Gasteiger partial charge in [-0.1, -0.05) is 51.4 Å². The molecule has 6 aliphatic rings. The number of carboxylic acids is 2. The summed E-state index contributed by atoms with van der Waals surface area (Å²) < 4.78 is 270. The first kappa shape index (κ1) is 108. The molecular formula is C92H103BrF19N17O10. The number of likely N-dealkylation sites (tertiary alicyclic amines) is 2. The van der Waals surface area contributed by atoms with Crippen molar-refractivity contribution in [2.45, 2.75) is 266 Å². The maximum absolute atomic E-state index is 13.9. The quantitative estimate of drug-likeness (QED) is 0.0235. The Morgan fingerprint density at radius 2 is 0.727 bits per heavy atom. The number of carbonyl (C=O) groups excluding carboxylic acids is 4. The number of carbonyl (C=O) groups is 6. The van der Waals surface area contributed by atoms with Crippen molar-refractivity contribution < 1.29 is 132 Å². The standard InChI is InChI=1S/C29H38F5N5O3.C25H30F5N5O3.C17H18F3N3O2.C15H14F3N3O2.C6H3BrF3N/c1-27(2,3)42-24(40)16-19(11-15-38-14-7-12-28(30,31)18-38)36-26(41)22-17-23(39(37-22)20-8-4-5-9-20)25-21(29(32,33)34)10-6-13-35-25;26-24(27)9-4-11-34(15-24)12-8-16(13-21(36)37)32-23(38)19-14-20(35(33-19)17-5-1-2-6-17)22-18(25(28,29)30)7-3-10-31-22;1-2-25-16(24)13-10-14(23(22-13)11-6-3-4-7-11)15-12(17(18,19)20)8-5-9-21-15;16-15(17,18)10-6-3-7-19-13(10)12-8-11(14(22)23)20-21(12)9-4-1-2-5-9;7-5-4(6(8,9)10)2-1-3-11-5/h6,10,13,17,19-20H,4-5,7-9,11-12,14-16,18H2,1-3H3,(H,36,41);3,7,10,14,16-17H,1-2,4-6,8-9,11-13,15H2,(H,32,38)(H,36,37);5,8-11H,2-4,6-7H2,1H3;3,6-9H,1-2,4-5H2,(H,22,23);1-3H/t19-;16-;;;/m00.../s1. The molecule has 2 aliphatic heterocycles. The molecule has 0 radical (unpaired) electrons. The van der Waals surface area contributed by atoms with E-state index in [1.807, 2.05) is 0 Å². The number of ether oxygens (including phenoxy) is 2. The van der Waals surface area contributed by atoms with E-state index in [4.69, 9.17) is 14.6 Å². The van der Waals surface area contributed by atoms with E-state index in [2.05, 4.69) is 71.9 Å². The van der Waals surface area contributed by atoms with Gasteiger partial charge in [0.15, 0.2) is 22.8 Å². The Kier molecular flexibility index (Phi) is 35.9. The molecule has 4 saturated carbocycles. The number of nitrogens with zero attached hydrogens (tertiary/aromatic N) is 15. The van der Waals surface area contributed by atoms with Crippen LogP contribution in [0.5, 0.6) is 0 Å². The first-order chi connectivity index (χ1) is 65.3. The van der Waals surface area contributed by atoms with Crippen molar-refractivity contribution in [1.82, 2.24) is 84.5 Å². The fraction of sp³-hybridized carbons (Fsp3) is 0.533. The molecule has 4 N–H and O–H groups in total. The van der Waals surface area contributed by atoms with Crippen molar-refractivity contribution in [1.29, 1.82) is 0 Å². The number of carboxylic acid groups (broad SMARTS) is 2. The van der Waals surface area contributed by atoms with Crippen molar-refractivity contribution in [2.75, 3.05) is 45.9 Å². The van der Waals surface area contributed by atoms with Gasteiger partial charge >= 0.3 is 54.8 Å². The van der Waals surface area contributed by atoms with Crippen molar-refractivity contribution in [3.63, 3.8) is 0 Å². The fourth-order valence-electron chi connectivity index (χ4n) is 17.5. The molecular weight excluding hydrogens is 1940 g/mol. The van der Waals surface area contributed by atoms with Gasteiger partial charge in [0.2, 0.25) is 0 Å². The Morgan fingerprint density at radius 3 is 1.01 bits per heavy atom. The van der Waals surface area contributed by atoms with E-state index >= 15 is 0 Å². The molecule has 9 aromatic rings. The lowest BCUT2D eigenvalue weighted by atomic mass is 10.0. The lowest BCUT2D eigenvalue weighted by Gasteiger charge is -2.33. The number of aromatic carboxylic acids is 1. The number of hydrogen-bond donors (Lipinski definition) is 4. The largest absolute Gasteiger partial charge is 0.481 e. The van der Waals surface area contributed by atoms with Crippen LogP contribution in [0.4, 0.5) is 83.4 Å². The van der Waals surface area contributed by atoms with Gasteiger partial charge in [-0.25, -0.2) is 32.1 Å². The van der Waals surface area contributed by atoms with Crippen LogP contribution in [-0.4, -0.2) is 195 Å². The van der Waals surface area contributed by atoms with Crippen LogP contribution >= 0.6 is 15.9 Å². The van der Waals surface area contributed by atoms with E-state index in [0.717, 1.165) is 113 Å². The molecule has 11 heterocycles. The minimum atomic E-state index is -4.67. The number of amides is 2. The lowest BCUT2D eigenvalue weighted by Crippen LogP contribution is -2.45. The van der Waals surface area contributed by atoms with Crippen LogP contribution in [0.1, 0.15) is 276 Å². The molecule has 0 spiro atoms. The minimum Gasteiger partial charge on any atom is -0.481 e. The molecule has 2 amide bonds. The van der Waals surface area contributed by atoms with E-state index in [1.165, 1.54) is 103 Å². The first-order valence-electron chi connectivity index (χ1n) is 45.2. The molecule has 139 heavy (non-hydrogen) atoms. The zero-order chi connectivity index (χ0) is 101. The van der Waals surface area contributed by atoms with Crippen molar-refractivity contribution in [3.05, 3.63) is 171 Å². The smallest absolute Gasteiger partial charge is 0.419 e. The molecule has 2 saturated heterocycles. The molecule has 756 valence electrons. The Labute approximate surface area is 793 Å². The van der Waals surface area contributed by atoms with Gasteiger partial charge in [-0.05, 0) is 207 Å². The summed E-state index contributed by atoms with van der Waals surface area (Å²) >= 11 is 2.70. The number of alkyl halides is 19. The molecule has 0 aromatic carbocycles. The summed E-state index contributed by atoms with van der Waals surface area (Å²) in [6.45, 7) is 7.42. The highest BCUT2D eigenvalue weighted by molar-refractivity contribution is 9.10. The van der Waals surface area contributed by atoms with E-state index in [9.17, 15) is 117 Å². The van der Waals surface area contributed by atoms with Gasteiger partial charge in [-0.15, -0.1) is 0 Å². The van der Waals surface area contributed by atoms with Gasteiger partial charge in [-0.3, -0.25) is 67.6 Å². The summed E-state index contributed by atoms with van der Waals surface area (Å²) in [5, 5.41) is 40.8. The van der Waals surface area contributed by atoms with E-state index in [-0.39, 0.29) is 149 Å². The lowest BCUT2D eigenvalue weighted by molar-refractivity contribution is -0.155. The zero-order valence-corrected chi connectivity index (χ0v) is 77.4. The molecule has 4 aliphatic carbocycles. The normalized spacial score (nSPS) is 17.4. The third kappa shape index (κ3) is 30.0. The van der Waals surface area contributed by atoms with Gasteiger partial charge in [-0.2, -0.15) is 86.3 Å². The Hall–Kier alpha value is -11.5. The SMILES string of the molecule is CC(C)(C)OC(=O)C[C@H](CCN1CCCC(F)(F)C1)NC(=O)c1cc(-c2ncccc2C(F)(F)F)n(C2CCCC2)n1.CCOC(=O)c1cc(-c2ncccc2C(F)(F)F)n(C2CCCC2)n1.FC(F)(F)c1cccnc1Br.O=C(O)C[C@H](CCN1CCCC(F)(F)C1)NC(=O)c1cc(-c2ncccc2C(F)(F)F)n(C2CCCC2)n1.O=C(O)c1cc(-c2ncccc2C(F)(F)F)n(C2CCCC2)n1. The molecule has 0 bridgehead atoms.